The van der Waals surface area contributed by atoms with Crippen molar-refractivity contribution >= 4 is 15.9 Å². The third-order valence-corrected chi connectivity index (χ3v) is 8.39. The van der Waals surface area contributed by atoms with Crippen molar-refractivity contribution in [3.63, 3.8) is 0 Å². The summed E-state index contributed by atoms with van der Waals surface area (Å²) in [5.74, 6) is -2.27. The number of sulfonamides is 1. The quantitative estimate of drug-likeness (QED) is 0.552. The Labute approximate surface area is 201 Å². The summed E-state index contributed by atoms with van der Waals surface area (Å²) in [5.41, 5.74) is 2.26. The van der Waals surface area contributed by atoms with Gasteiger partial charge < -0.3 is 4.90 Å². The van der Waals surface area contributed by atoms with Crippen LogP contribution in [0.2, 0.25) is 0 Å². The van der Waals surface area contributed by atoms with E-state index >= 15 is 0 Å². The third-order valence-electron chi connectivity index (χ3n) is 6.43. The Morgan fingerprint density at radius 3 is 2.46 bits per heavy atom. The Kier molecular flexibility index (Phi) is 5.86. The van der Waals surface area contributed by atoms with E-state index in [-0.39, 0.29) is 48.2 Å². The van der Waals surface area contributed by atoms with Gasteiger partial charge in [0, 0.05) is 43.5 Å². The standard InChI is InChI=1S/C24H21F2N5O3S/c25-19-9-8-17(14-20(19)26)31-21-6-3-5-18(21)23(28-31)24(32)29-10-12-30(13-11-29)35(33,34)22-7-2-1-4-16(22)15-27/h1-2,4,7-9,14H,3,5-6,10-13H2. The Morgan fingerprint density at radius 2 is 1.74 bits per heavy atom. The second-order valence-corrected chi connectivity index (χ2v) is 10.3. The molecule has 2 aliphatic rings. The smallest absolute Gasteiger partial charge is 0.274 e. The minimum Gasteiger partial charge on any atom is -0.335 e. The fraction of sp³-hybridized carbons (Fsp3) is 0.292. The molecule has 2 heterocycles. The monoisotopic (exact) mass is 497 g/mol. The lowest BCUT2D eigenvalue weighted by Gasteiger charge is -2.33. The molecule has 35 heavy (non-hydrogen) atoms. The van der Waals surface area contributed by atoms with Gasteiger partial charge >= 0.3 is 0 Å². The highest BCUT2D eigenvalue weighted by molar-refractivity contribution is 7.89. The van der Waals surface area contributed by atoms with Crippen LogP contribution in [0.25, 0.3) is 5.69 Å². The van der Waals surface area contributed by atoms with Gasteiger partial charge in [0.15, 0.2) is 17.3 Å². The maximum Gasteiger partial charge on any atom is 0.274 e. The molecule has 0 bridgehead atoms. The third kappa shape index (κ3) is 3.98. The van der Waals surface area contributed by atoms with Gasteiger partial charge in [0.1, 0.15) is 6.07 Å². The highest BCUT2D eigenvalue weighted by atomic mass is 32.2. The zero-order chi connectivity index (χ0) is 24.7. The first-order valence-electron chi connectivity index (χ1n) is 11.2. The first-order valence-corrected chi connectivity index (χ1v) is 12.6. The number of nitriles is 1. The van der Waals surface area contributed by atoms with Crippen molar-refractivity contribution in [1.29, 1.82) is 5.26 Å². The van der Waals surface area contributed by atoms with Crippen LogP contribution in [0.3, 0.4) is 0 Å². The lowest BCUT2D eigenvalue weighted by molar-refractivity contribution is 0.0690. The van der Waals surface area contributed by atoms with Crippen LogP contribution in [-0.4, -0.2) is 59.5 Å². The molecule has 1 amide bonds. The fourth-order valence-electron chi connectivity index (χ4n) is 4.64. The number of amides is 1. The van der Waals surface area contributed by atoms with Gasteiger partial charge in [0.05, 0.1) is 16.1 Å². The van der Waals surface area contributed by atoms with Crippen LogP contribution in [0, 0.1) is 23.0 Å². The summed E-state index contributed by atoms with van der Waals surface area (Å²) >= 11 is 0. The van der Waals surface area contributed by atoms with E-state index in [2.05, 4.69) is 5.10 Å². The van der Waals surface area contributed by atoms with Crippen LogP contribution in [0.5, 0.6) is 0 Å². The summed E-state index contributed by atoms with van der Waals surface area (Å²) in [6.07, 6.45) is 2.14. The summed E-state index contributed by atoms with van der Waals surface area (Å²) < 4.78 is 56.1. The highest BCUT2D eigenvalue weighted by Gasteiger charge is 2.35. The zero-order valence-corrected chi connectivity index (χ0v) is 19.4. The Hall–Kier alpha value is -3.62. The summed E-state index contributed by atoms with van der Waals surface area (Å²) in [4.78, 5) is 14.9. The maximum atomic E-state index is 13.8. The molecule has 11 heteroatoms. The van der Waals surface area contributed by atoms with Gasteiger partial charge in [-0.3, -0.25) is 4.79 Å². The van der Waals surface area contributed by atoms with E-state index in [1.807, 2.05) is 6.07 Å². The van der Waals surface area contributed by atoms with E-state index in [1.54, 1.807) is 17.0 Å². The number of carbonyl (C=O) groups excluding carboxylic acids is 1. The van der Waals surface area contributed by atoms with E-state index in [1.165, 1.54) is 27.2 Å². The molecule has 0 unspecified atom stereocenters. The van der Waals surface area contributed by atoms with E-state index in [0.717, 1.165) is 29.8 Å². The number of hydrogen-bond donors (Lipinski definition) is 0. The normalized spacial score (nSPS) is 16.2. The SMILES string of the molecule is N#Cc1ccccc1S(=O)(=O)N1CCN(C(=O)c2nn(-c3ccc(F)c(F)c3)c3c2CCC3)CC1. The number of nitrogens with zero attached hydrogens (tertiary/aromatic N) is 5. The molecule has 8 nitrogen and oxygen atoms in total. The predicted octanol–water partition coefficient (Wildman–Crippen LogP) is 2.66. The fourth-order valence-corrected chi connectivity index (χ4v) is 6.21. The molecule has 1 aromatic heterocycles. The Bertz CT molecular complexity index is 1470. The second-order valence-electron chi connectivity index (χ2n) is 8.44. The summed E-state index contributed by atoms with van der Waals surface area (Å²) in [5, 5.41) is 13.7. The first kappa shape index (κ1) is 23.1. The topological polar surface area (TPSA) is 99.3 Å². The number of benzene rings is 2. The van der Waals surface area contributed by atoms with Gasteiger partial charge in [0.25, 0.3) is 5.91 Å². The lowest BCUT2D eigenvalue weighted by Crippen LogP contribution is -2.50. The van der Waals surface area contributed by atoms with Crippen LogP contribution in [0.4, 0.5) is 8.78 Å². The number of fused-ring (bicyclic) bond motifs is 1. The van der Waals surface area contributed by atoms with Crippen molar-refractivity contribution in [2.24, 2.45) is 0 Å². The Morgan fingerprint density at radius 1 is 1.00 bits per heavy atom. The van der Waals surface area contributed by atoms with Crippen LogP contribution in [0.1, 0.15) is 33.7 Å². The minimum atomic E-state index is -3.88. The van der Waals surface area contributed by atoms with Gasteiger partial charge in [-0.1, -0.05) is 12.1 Å². The van der Waals surface area contributed by atoms with Crippen molar-refractivity contribution in [3.8, 4) is 11.8 Å². The predicted molar refractivity (Wildman–Crippen MR) is 121 cm³/mol. The molecular formula is C24H21F2N5O3S. The average molecular weight is 498 g/mol. The molecule has 0 N–H and O–H groups in total. The van der Waals surface area contributed by atoms with Crippen molar-refractivity contribution in [3.05, 3.63) is 76.6 Å². The molecule has 0 atom stereocenters. The molecular weight excluding hydrogens is 476 g/mol. The maximum absolute atomic E-state index is 13.8. The molecule has 0 spiro atoms. The summed E-state index contributed by atoms with van der Waals surface area (Å²) in [7, 11) is -3.88. The number of rotatable bonds is 4. The number of aromatic nitrogens is 2. The molecule has 1 aliphatic carbocycles. The zero-order valence-electron chi connectivity index (χ0n) is 18.6. The van der Waals surface area contributed by atoms with Crippen molar-refractivity contribution < 1.29 is 22.0 Å². The van der Waals surface area contributed by atoms with E-state index in [0.29, 0.717) is 18.5 Å². The van der Waals surface area contributed by atoms with Gasteiger partial charge in [-0.2, -0.15) is 14.7 Å². The molecule has 5 rings (SSSR count). The Balaban J connectivity index is 1.37. The van der Waals surface area contributed by atoms with Crippen LogP contribution in [0.15, 0.2) is 47.4 Å². The summed E-state index contributed by atoms with van der Waals surface area (Å²) in [6, 6.07) is 11.4. The number of piperazine rings is 1. The lowest BCUT2D eigenvalue weighted by atomic mass is 10.1. The van der Waals surface area contributed by atoms with E-state index < -0.39 is 21.7 Å². The number of hydrogen-bond acceptors (Lipinski definition) is 5. The van der Waals surface area contributed by atoms with Gasteiger partial charge in [-0.25, -0.2) is 21.9 Å². The second kappa shape index (κ2) is 8.87. The van der Waals surface area contributed by atoms with Crippen molar-refractivity contribution in [2.45, 2.75) is 24.2 Å². The van der Waals surface area contributed by atoms with Crippen LogP contribution >= 0.6 is 0 Å². The molecule has 1 fully saturated rings. The van der Waals surface area contributed by atoms with Crippen LogP contribution < -0.4 is 0 Å². The van der Waals surface area contributed by atoms with Gasteiger partial charge in [-0.05, 0) is 43.5 Å². The molecule has 2 aromatic carbocycles. The largest absolute Gasteiger partial charge is 0.335 e. The average Bonchev–Trinajstić information content (AvgIpc) is 3.48. The minimum absolute atomic E-state index is 0.0506. The molecule has 1 aliphatic heterocycles. The molecule has 0 saturated carbocycles. The molecule has 3 aromatic rings. The first-order chi connectivity index (χ1) is 16.8. The molecule has 0 radical (unpaired) electrons. The number of halogens is 2. The van der Waals surface area contributed by atoms with Gasteiger partial charge in [-0.15, -0.1) is 0 Å². The highest BCUT2D eigenvalue weighted by Crippen LogP contribution is 2.30. The molecule has 1 saturated heterocycles. The van der Waals surface area contributed by atoms with Gasteiger partial charge in [0.2, 0.25) is 10.0 Å². The number of carbonyl (C=O) groups is 1. The van der Waals surface area contributed by atoms with Crippen molar-refractivity contribution in [2.75, 3.05) is 26.2 Å². The summed E-state index contributed by atoms with van der Waals surface area (Å²) in [6.45, 7) is 0.499. The van der Waals surface area contributed by atoms with E-state index in [9.17, 15) is 27.3 Å². The van der Waals surface area contributed by atoms with Crippen LogP contribution in [-0.2, 0) is 22.9 Å². The molecule has 180 valence electrons. The van der Waals surface area contributed by atoms with Crippen molar-refractivity contribution in [1.82, 2.24) is 19.0 Å². The van der Waals surface area contributed by atoms with E-state index in [4.69, 9.17) is 0 Å².